The van der Waals surface area contributed by atoms with Crippen molar-refractivity contribution in [2.75, 3.05) is 0 Å². The van der Waals surface area contributed by atoms with Gasteiger partial charge in [0.2, 0.25) is 0 Å². The Morgan fingerprint density at radius 1 is 1.60 bits per heavy atom. The fourth-order valence-electron chi connectivity index (χ4n) is 0.696. The summed E-state index contributed by atoms with van der Waals surface area (Å²) >= 11 is 0. The van der Waals surface area contributed by atoms with Crippen LogP contribution in [0.25, 0.3) is 0 Å². The van der Waals surface area contributed by atoms with Crippen molar-refractivity contribution < 1.29 is 13.6 Å². The number of hydrogen-bond acceptors (Lipinski definition) is 1. The summed E-state index contributed by atoms with van der Waals surface area (Å²) in [6.45, 7) is 0. The molecule has 0 spiro atoms. The fraction of sp³-hybridized carbons (Fsp3) is 0.286. The van der Waals surface area contributed by atoms with E-state index in [1.807, 2.05) is 0 Å². The van der Waals surface area contributed by atoms with Gasteiger partial charge in [-0.05, 0) is 6.08 Å². The summed E-state index contributed by atoms with van der Waals surface area (Å²) in [5.41, 5.74) is 0.325. The van der Waals surface area contributed by atoms with Gasteiger partial charge in [0, 0.05) is 12.0 Å². The largest absolute Gasteiger partial charge is 0.298 e. The van der Waals surface area contributed by atoms with Crippen LogP contribution in [0, 0.1) is 0 Å². The first-order chi connectivity index (χ1) is 4.64. The maximum Gasteiger partial charge on any atom is 0.270 e. The molecule has 1 aliphatic carbocycles. The van der Waals surface area contributed by atoms with Crippen LogP contribution >= 0.6 is 0 Å². The number of allylic oxidation sites excluding steroid dienone is 4. The molecule has 0 radical (unpaired) electrons. The first-order valence-electron chi connectivity index (χ1n) is 2.86. The second-order valence-electron chi connectivity index (χ2n) is 2.12. The second kappa shape index (κ2) is 2.33. The standard InChI is InChI=1S/C7H6F2O/c8-7(9)3-1-6(5-10)2-4-7/h1-3,5H,4H2. The van der Waals surface area contributed by atoms with Crippen molar-refractivity contribution in [3.63, 3.8) is 0 Å². The Morgan fingerprint density at radius 2 is 2.30 bits per heavy atom. The third-order valence-corrected chi connectivity index (χ3v) is 1.27. The Hall–Kier alpha value is -0.990. The molecule has 0 fully saturated rings. The van der Waals surface area contributed by atoms with Crippen molar-refractivity contribution in [3.05, 3.63) is 23.8 Å². The summed E-state index contributed by atoms with van der Waals surface area (Å²) in [7, 11) is 0. The van der Waals surface area contributed by atoms with Crippen LogP contribution in [0.2, 0.25) is 0 Å². The van der Waals surface area contributed by atoms with Gasteiger partial charge in [-0.25, -0.2) is 8.78 Å². The van der Waals surface area contributed by atoms with E-state index in [0.717, 1.165) is 12.2 Å². The molecule has 0 aromatic carbocycles. The lowest BCUT2D eigenvalue weighted by Crippen LogP contribution is -2.13. The fourth-order valence-corrected chi connectivity index (χ4v) is 0.696. The third-order valence-electron chi connectivity index (χ3n) is 1.27. The molecule has 1 nitrogen and oxygen atoms in total. The summed E-state index contributed by atoms with van der Waals surface area (Å²) in [5, 5.41) is 0. The number of carbonyl (C=O) groups is 1. The first kappa shape index (κ1) is 7.12. The van der Waals surface area contributed by atoms with E-state index in [-0.39, 0.29) is 6.42 Å². The first-order valence-corrected chi connectivity index (χ1v) is 2.86. The van der Waals surface area contributed by atoms with Crippen molar-refractivity contribution in [1.82, 2.24) is 0 Å². The Kier molecular flexibility index (Phi) is 1.66. The van der Waals surface area contributed by atoms with Crippen LogP contribution < -0.4 is 0 Å². The van der Waals surface area contributed by atoms with Gasteiger partial charge in [0.05, 0.1) is 0 Å². The van der Waals surface area contributed by atoms with Gasteiger partial charge in [0.25, 0.3) is 5.92 Å². The zero-order valence-corrected chi connectivity index (χ0v) is 5.18. The summed E-state index contributed by atoms with van der Waals surface area (Å²) in [4.78, 5) is 10.0. The summed E-state index contributed by atoms with van der Waals surface area (Å²) < 4.78 is 24.5. The van der Waals surface area contributed by atoms with E-state index in [9.17, 15) is 13.6 Å². The predicted octanol–water partition coefficient (Wildman–Crippen LogP) is 1.71. The molecule has 1 aliphatic rings. The molecular formula is C7H6F2O. The number of rotatable bonds is 1. The molecule has 0 saturated carbocycles. The zero-order chi connectivity index (χ0) is 7.61. The molecule has 0 amide bonds. The van der Waals surface area contributed by atoms with Crippen LogP contribution in [0.5, 0.6) is 0 Å². The van der Waals surface area contributed by atoms with E-state index >= 15 is 0 Å². The molecule has 3 heteroatoms. The van der Waals surface area contributed by atoms with E-state index in [0.29, 0.717) is 11.9 Å². The second-order valence-corrected chi connectivity index (χ2v) is 2.12. The quantitative estimate of drug-likeness (QED) is 0.512. The highest BCUT2D eigenvalue weighted by molar-refractivity contribution is 5.77. The monoisotopic (exact) mass is 144 g/mol. The van der Waals surface area contributed by atoms with Crippen LogP contribution in [0.1, 0.15) is 6.42 Å². The van der Waals surface area contributed by atoms with E-state index < -0.39 is 5.92 Å². The Balaban J connectivity index is 2.72. The molecule has 0 unspecified atom stereocenters. The molecule has 0 bridgehead atoms. The molecular weight excluding hydrogens is 138 g/mol. The van der Waals surface area contributed by atoms with Crippen molar-refractivity contribution >= 4 is 6.29 Å². The smallest absolute Gasteiger partial charge is 0.270 e. The van der Waals surface area contributed by atoms with Crippen molar-refractivity contribution in [2.45, 2.75) is 12.3 Å². The van der Waals surface area contributed by atoms with Gasteiger partial charge < -0.3 is 0 Å². The molecule has 0 N–H and O–H groups in total. The Morgan fingerprint density at radius 3 is 2.70 bits per heavy atom. The lowest BCUT2D eigenvalue weighted by molar-refractivity contribution is -0.104. The molecule has 0 aromatic heterocycles. The summed E-state index contributed by atoms with van der Waals surface area (Å²) in [6.07, 6.45) is 3.31. The van der Waals surface area contributed by atoms with Gasteiger partial charge in [-0.1, -0.05) is 12.2 Å². The number of alkyl halides is 2. The summed E-state index contributed by atoms with van der Waals surface area (Å²) in [6, 6.07) is 0. The maximum atomic E-state index is 12.3. The highest BCUT2D eigenvalue weighted by Gasteiger charge is 2.25. The molecule has 0 atom stereocenters. The van der Waals surface area contributed by atoms with E-state index in [2.05, 4.69) is 0 Å². The maximum absolute atomic E-state index is 12.3. The SMILES string of the molecule is O=CC1=CCC(F)(F)C=C1. The molecule has 10 heavy (non-hydrogen) atoms. The zero-order valence-electron chi connectivity index (χ0n) is 5.18. The van der Waals surface area contributed by atoms with Gasteiger partial charge >= 0.3 is 0 Å². The minimum atomic E-state index is -2.76. The lowest BCUT2D eigenvalue weighted by Gasteiger charge is -2.11. The lowest BCUT2D eigenvalue weighted by atomic mass is 10.1. The van der Waals surface area contributed by atoms with Gasteiger partial charge in [-0.15, -0.1) is 0 Å². The molecule has 1 rings (SSSR count). The van der Waals surface area contributed by atoms with Crippen molar-refractivity contribution in [2.24, 2.45) is 0 Å². The summed E-state index contributed by atoms with van der Waals surface area (Å²) in [5.74, 6) is -2.76. The van der Waals surface area contributed by atoms with Gasteiger partial charge in [-0.2, -0.15) is 0 Å². The molecule has 54 valence electrons. The number of carbonyl (C=O) groups excluding carboxylic acids is 1. The van der Waals surface area contributed by atoms with Crippen LogP contribution in [-0.4, -0.2) is 12.2 Å². The molecule has 0 aromatic rings. The van der Waals surface area contributed by atoms with Crippen LogP contribution in [0.4, 0.5) is 8.78 Å². The topological polar surface area (TPSA) is 17.1 Å². The normalized spacial score (nSPS) is 22.0. The van der Waals surface area contributed by atoms with E-state index in [4.69, 9.17) is 0 Å². The molecule has 0 aliphatic heterocycles. The van der Waals surface area contributed by atoms with Crippen LogP contribution in [0.3, 0.4) is 0 Å². The van der Waals surface area contributed by atoms with Crippen LogP contribution in [0.15, 0.2) is 23.8 Å². The number of aldehydes is 1. The minimum absolute atomic E-state index is 0.325. The average Bonchev–Trinajstić information content (AvgIpc) is 1.88. The molecule has 0 heterocycles. The van der Waals surface area contributed by atoms with Gasteiger partial charge in [0.1, 0.15) is 6.29 Å². The van der Waals surface area contributed by atoms with Crippen LogP contribution in [-0.2, 0) is 4.79 Å². The highest BCUT2D eigenvalue weighted by Crippen LogP contribution is 2.25. The van der Waals surface area contributed by atoms with E-state index in [1.54, 1.807) is 0 Å². The Labute approximate surface area is 57.0 Å². The highest BCUT2D eigenvalue weighted by atomic mass is 19.3. The van der Waals surface area contributed by atoms with Crippen molar-refractivity contribution in [1.29, 1.82) is 0 Å². The van der Waals surface area contributed by atoms with E-state index in [1.165, 1.54) is 6.08 Å². The Bertz CT molecular complexity index is 204. The van der Waals surface area contributed by atoms with Gasteiger partial charge in [-0.3, -0.25) is 4.79 Å². The predicted molar refractivity (Wildman–Crippen MR) is 32.9 cm³/mol. The van der Waals surface area contributed by atoms with Crippen molar-refractivity contribution in [3.8, 4) is 0 Å². The third kappa shape index (κ3) is 1.50. The van der Waals surface area contributed by atoms with Gasteiger partial charge in [0.15, 0.2) is 0 Å². The minimum Gasteiger partial charge on any atom is -0.298 e. The number of halogens is 2. The molecule has 0 saturated heterocycles. The number of hydrogen-bond donors (Lipinski definition) is 0. The average molecular weight is 144 g/mol.